The van der Waals surface area contributed by atoms with E-state index in [1.807, 2.05) is 24.3 Å². The van der Waals surface area contributed by atoms with E-state index >= 15 is 0 Å². The molecule has 0 aliphatic carbocycles. The third kappa shape index (κ3) is 4.74. The molecule has 1 aromatic carbocycles. The van der Waals surface area contributed by atoms with Crippen molar-refractivity contribution in [2.24, 2.45) is 0 Å². The standard InChI is InChI=1S/C17H25NO3/c1-2-12-21-15-9-7-14(8-10-15)16(19)13-18-11-5-3-4-6-17(18)20/h7-10,16,19H,2-6,11-13H2,1H3. The van der Waals surface area contributed by atoms with Crippen LogP contribution < -0.4 is 4.74 Å². The van der Waals surface area contributed by atoms with Crippen molar-refractivity contribution in [1.29, 1.82) is 0 Å². The molecule has 0 aromatic heterocycles. The van der Waals surface area contributed by atoms with Crippen molar-refractivity contribution in [3.8, 4) is 5.75 Å². The fraction of sp³-hybridized carbons (Fsp3) is 0.588. The van der Waals surface area contributed by atoms with Gasteiger partial charge in [0.05, 0.1) is 19.3 Å². The van der Waals surface area contributed by atoms with Crippen molar-refractivity contribution in [2.45, 2.75) is 45.1 Å². The van der Waals surface area contributed by atoms with Crippen LogP contribution in [-0.2, 0) is 4.79 Å². The summed E-state index contributed by atoms with van der Waals surface area (Å²) < 4.78 is 5.53. The zero-order chi connectivity index (χ0) is 15.1. The van der Waals surface area contributed by atoms with Gasteiger partial charge in [0.25, 0.3) is 0 Å². The van der Waals surface area contributed by atoms with E-state index in [0.29, 0.717) is 19.6 Å². The molecule has 116 valence electrons. The highest BCUT2D eigenvalue weighted by Gasteiger charge is 2.20. The number of likely N-dealkylation sites (tertiary alicyclic amines) is 1. The molecule has 0 radical (unpaired) electrons. The first-order valence-corrected chi connectivity index (χ1v) is 7.89. The van der Waals surface area contributed by atoms with Crippen LogP contribution >= 0.6 is 0 Å². The minimum Gasteiger partial charge on any atom is -0.494 e. The molecule has 4 nitrogen and oxygen atoms in total. The molecule has 1 aliphatic heterocycles. The van der Waals surface area contributed by atoms with E-state index in [4.69, 9.17) is 4.74 Å². The molecule has 1 fully saturated rings. The Hall–Kier alpha value is -1.55. The lowest BCUT2D eigenvalue weighted by Crippen LogP contribution is -2.34. The van der Waals surface area contributed by atoms with Crippen LogP contribution in [0.25, 0.3) is 0 Å². The molecule has 0 spiro atoms. The highest BCUT2D eigenvalue weighted by atomic mass is 16.5. The van der Waals surface area contributed by atoms with E-state index < -0.39 is 6.10 Å². The van der Waals surface area contributed by atoms with Crippen LogP contribution in [0.4, 0.5) is 0 Å². The number of hydrogen-bond acceptors (Lipinski definition) is 3. The van der Waals surface area contributed by atoms with Gasteiger partial charge < -0.3 is 14.7 Å². The molecule has 1 atom stereocenters. The summed E-state index contributed by atoms with van der Waals surface area (Å²) in [5.74, 6) is 0.980. The number of rotatable bonds is 6. The summed E-state index contributed by atoms with van der Waals surface area (Å²) in [5.41, 5.74) is 0.830. The molecule has 1 aliphatic rings. The van der Waals surface area contributed by atoms with Crippen molar-refractivity contribution >= 4 is 5.91 Å². The third-order valence-electron chi connectivity index (χ3n) is 3.80. The average molecular weight is 291 g/mol. The Balaban J connectivity index is 1.92. The van der Waals surface area contributed by atoms with Crippen molar-refractivity contribution in [3.63, 3.8) is 0 Å². The molecule has 1 amide bonds. The predicted molar refractivity (Wildman–Crippen MR) is 82.2 cm³/mol. The Bertz CT molecular complexity index is 444. The van der Waals surface area contributed by atoms with Crippen LogP contribution in [0.15, 0.2) is 24.3 Å². The Kier molecular flexibility index (Phi) is 6.05. The lowest BCUT2D eigenvalue weighted by molar-refractivity contribution is -0.132. The van der Waals surface area contributed by atoms with Crippen LogP contribution in [0.2, 0.25) is 0 Å². The summed E-state index contributed by atoms with van der Waals surface area (Å²) >= 11 is 0. The first-order valence-electron chi connectivity index (χ1n) is 7.89. The second-order valence-electron chi connectivity index (χ2n) is 5.58. The highest BCUT2D eigenvalue weighted by molar-refractivity contribution is 5.76. The number of aliphatic hydroxyl groups is 1. The maximum absolute atomic E-state index is 11.9. The molecule has 21 heavy (non-hydrogen) atoms. The zero-order valence-electron chi connectivity index (χ0n) is 12.8. The lowest BCUT2D eigenvalue weighted by Gasteiger charge is -2.24. The third-order valence-corrected chi connectivity index (χ3v) is 3.80. The van der Waals surface area contributed by atoms with Crippen LogP contribution in [0, 0.1) is 0 Å². The number of ether oxygens (including phenoxy) is 1. The Morgan fingerprint density at radius 3 is 2.71 bits per heavy atom. The molecule has 1 heterocycles. The van der Waals surface area contributed by atoms with Gasteiger partial charge >= 0.3 is 0 Å². The van der Waals surface area contributed by atoms with Gasteiger partial charge in [-0.05, 0) is 37.0 Å². The fourth-order valence-electron chi connectivity index (χ4n) is 2.55. The second-order valence-corrected chi connectivity index (χ2v) is 5.58. The Labute approximate surface area is 126 Å². The number of carbonyl (C=O) groups excluding carboxylic acids is 1. The zero-order valence-corrected chi connectivity index (χ0v) is 12.8. The SMILES string of the molecule is CCCOc1ccc(C(O)CN2CCCCCC2=O)cc1. The summed E-state index contributed by atoms with van der Waals surface area (Å²) in [4.78, 5) is 13.7. The van der Waals surface area contributed by atoms with Gasteiger partial charge in [-0.15, -0.1) is 0 Å². The van der Waals surface area contributed by atoms with Gasteiger partial charge in [-0.1, -0.05) is 25.5 Å². The molecule has 1 saturated heterocycles. The Morgan fingerprint density at radius 2 is 2.00 bits per heavy atom. The van der Waals surface area contributed by atoms with Crippen molar-refractivity contribution in [1.82, 2.24) is 4.90 Å². The van der Waals surface area contributed by atoms with Gasteiger partial charge in [-0.3, -0.25) is 4.79 Å². The first-order chi connectivity index (χ1) is 10.2. The monoisotopic (exact) mass is 291 g/mol. The number of β-amino-alcohol motifs (C(OH)–C–C–N with tert-alkyl or cyclic N) is 1. The molecule has 4 heteroatoms. The molecule has 1 N–H and O–H groups in total. The van der Waals surface area contributed by atoms with Gasteiger partial charge in [0.2, 0.25) is 5.91 Å². The van der Waals surface area contributed by atoms with Crippen LogP contribution in [0.1, 0.15) is 50.7 Å². The van der Waals surface area contributed by atoms with E-state index in [1.165, 1.54) is 0 Å². The summed E-state index contributed by atoms with van der Waals surface area (Å²) in [6.07, 6.45) is 4.05. The number of aliphatic hydroxyl groups excluding tert-OH is 1. The molecule has 0 bridgehead atoms. The van der Waals surface area contributed by atoms with E-state index in [1.54, 1.807) is 4.90 Å². The number of benzene rings is 1. The number of hydrogen-bond donors (Lipinski definition) is 1. The van der Waals surface area contributed by atoms with E-state index in [2.05, 4.69) is 6.92 Å². The van der Waals surface area contributed by atoms with Crippen LogP contribution in [0.5, 0.6) is 5.75 Å². The molecular weight excluding hydrogens is 266 g/mol. The molecule has 1 aromatic rings. The van der Waals surface area contributed by atoms with Crippen molar-refractivity contribution in [3.05, 3.63) is 29.8 Å². The smallest absolute Gasteiger partial charge is 0.222 e. The van der Waals surface area contributed by atoms with E-state index in [9.17, 15) is 9.90 Å². The minimum atomic E-state index is -0.632. The normalized spacial score (nSPS) is 17.4. The van der Waals surface area contributed by atoms with Gasteiger partial charge in [0, 0.05) is 13.0 Å². The summed E-state index contributed by atoms with van der Waals surface area (Å²) in [6.45, 7) is 3.90. The largest absolute Gasteiger partial charge is 0.494 e. The Morgan fingerprint density at radius 1 is 1.24 bits per heavy atom. The first kappa shape index (κ1) is 15.8. The quantitative estimate of drug-likeness (QED) is 0.876. The van der Waals surface area contributed by atoms with Crippen molar-refractivity contribution in [2.75, 3.05) is 19.7 Å². The maximum atomic E-state index is 11.9. The van der Waals surface area contributed by atoms with Gasteiger partial charge in [0.1, 0.15) is 5.75 Å². The number of carbonyl (C=O) groups is 1. The maximum Gasteiger partial charge on any atom is 0.222 e. The van der Waals surface area contributed by atoms with Gasteiger partial charge in [-0.25, -0.2) is 0 Å². The highest BCUT2D eigenvalue weighted by Crippen LogP contribution is 2.20. The summed E-state index contributed by atoms with van der Waals surface area (Å²) in [7, 11) is 0. The number of nitrogens with zero attached hydrogens (tertiary/aromatic N) is 1. The lowest BCUT2D eigenvalue weighted by atomic mass is 10.1. The predicted octanol–water partition coefficient (Wildman–Crippen LogP) is 2.91. The molecular formula is C17H25NO3. The van der Waals surface area contributed by atoms with Crippen molar-refractivity contribution < 1.29 is 14.6 Å². The summed E-state index contributed by atoms with van der Waals surface area (Å²) in [5, 5.41) is 10.3. The fourth-order valence-corrected chi connectivity index (χ4v) is 2.55. The minimum absolute atomic E-state index is 0.162. The topological polar surface area (TPSA) is 49.8 Å². The molecule has 0 saturated carbocycles. The van der Waals surface area contributed by atoms with Crippen LogP contribution in [0.3, 0.4) is 0 Å². The van der Waals surface area contributed by atoms with Gasteiger partial charge in [-0.2, -0.15) is 0 Å². The molecule has 1 unspecified atom stereocenters. The van der Waals surface area contributed by atoms with Crippen LogP contribution in [-0.4, -0.2) is 35.6 Å². The number of amides is 1. The van der Waals surface area contributed by atoms with Gasteiger partial charge in [0.15, 0.2) is 0 Å². The molecule has 2 rings (SSSR count). The second kappa shape index (κ2) is 8.03. The average Bonchev–Trinajstić information content (AvgIpc) is 2.70. The van der Waals surface area contributed by atoms with E-state index in [0.717, 1.165) is 43.5 Å². The van der Waals surface area contributed by atoms with E-state index in [-0.39, 0.29) is 5.91 Å². The summed E-state index contributed by atoms with van der Waals surface area (Å²) in [6, 6.07) is 7.49.